The highest BCUT2D eigenvalue weighted by Crippen LogP contribution is 2.39. The number of aromatic nitrogens is 1. The van der Waals surface area contributed by atoms with Crippen molar-refractivity contribution in [3.63, 3.8) is 0 Å². The molecule has 0 saturated carbocycles. The average molecular weight is 431 g/mol. The maximum absolute atomic E-state index is 9.71. The molecule has 0 spiro atoms. The van der Waals surface area contributed by atoms with Crippen molar-refractivity contribution >= 4 is 22.3 Å². The second-order valence-corrected chi connectivity index (χ2v) is 8.65. The van der Waals surface area contributed by atoms with Crippen LogP contribution in [-0.4, -0.2) is 43.7 Å². The van der Waals surface area contributed by atoms with Gasteiger partial charge < -0.3 is 19.7 Å². The lowest BCUT2D eigenvalue weighted by atomic mass is 9.98. The summed E-state index contributed by atoms with van der Waals surface area (Å²) in [4.78, 5) is 6.91. The zero-order chi connectivity index (χ0) is 22.7. The molecule has 32 heavy (non-hydrogen) atoms. The number of benzene rings is 2. The SMILES string of the molecule is COc1c(OCC2CCN(C)CC2)ccc2c(Nc3ccc(C)cc3C)c(C#N)cnc12. The molecular formula is C26H30N4O2. The van der Waals surface area contributed by atoms with Crippen LogP contribution in [0.2, 0.25) is 0 Å². The van der Waals surface area contributed by atoms with Gasteiger partial charge in [0.2, 0.25) is 0 Å². The Labute approximate surface area is 189 Å². The number of fused-ring (bicyclic) bond motifs is 1. The van der Waals surface area contributed by atoms with Crippen LogP contribution in [0.15, 0.2) is 36.5 Å². The van der Waals surface area contributed by atoms with Crippen LogP contribution in [0.4, 0.5) is 11.4 Å². The maximum Gasteiger partial charge on any atom is 0.187 e. The van der Waals surface area contributed by atoms with E-state index in [0.29, 0.717) is 35.1 Å². The van der Waals surface area contributed by atoms with E-state index >= 15 is 0 Å². The smallest absolute Gasteiger partial charge is 0.187 e. The molecule has 1 saturated heterocycles. The van der Waals surface area contributed by atoms with Gasteiger partial charge in [0.05, 0.1) is 25.0 Å². The Morgan fingerprint density at radius 3 is 2.66 bits per heavy atom. The first-order chi connectivity index (χ1) is 15.5. The van der Waals surface area contributed by atoms with E-state index in [1.165, 1.54) is 5.56 Å². The van der Waals surface area contributed by atoms with E-state index in [1.807, 2.05) is 18.2 Å². The molecule has 1 aliphatic rings. The Bertz CT molecular complexity index is 1160. The van der Waals surface area contributed by atoms with Gasteiger partial charge in [-0.05, 0) is 76.5 Å². The Morgan fingerprint density at radius 2 is 1.97 bits per heavy atom. The molecule has 6 nitrogen and oxygen atoms in total. The minimum Gasteiger partial charge on any atom is -0.491 e. The number of aryl methyl sites for hydroxylation is 2. The van der Waals surface area contributed by atoms with Crippen molar-refractivity contribution in [2.24, 2.45) is 5.92 Å². The number of ether oxygens (including phenoxy) is 2. The highest BCUT2D eigenvalue weighted by atomic mass is 16.5. The molecule has 1 aromatic heterocycles. The quantitative estimate of drug-likeness (QED) is 0.580. The van der Waals surface area contributed by atoms with Crippen LogP contribution in [0, 0.1) is 31.1 Å². The summed E-state index contributed by atoms with van der Waals surface area (Å²) < 4.78 is 11.9. The van der Waals surface area contributed by atoms with E-state index in [1.54, 1.807) is 13.3 Å². The fourth-order valence-corrected chi connectivity index (χ4v) is 4.28. The van der Waals surface area contributed by atoms with E-state index in [-0.39, 0.29) is 0 Å². The van der Waals surface area contributed by atoms with Gasteiger partial charge >= 0.3 is 0 Å². The van der Waals surface area contributed by atoms with E-state index in [2.05, 4.69) is 54.3 Å². The summed E-state index contributed by atoms with van der Waals surface area (Å²) in [5.41, 5.74) is 5.16. The van der Waals surface area contributed by atoms with Crippen LogP contribution < -0.4 is 14.8 Å². The predicted octanol–water partition coefficient (Wildman–Crippen LogP) is 5.20. The standard InChI is InChI=1S/C26H30N4O2/c1-17-5-7-22(18(2)13-17)29-24-20(14-27)15-28-25-21(24)6-8-23(26(25)31-4)32-16-19-9-11-30(3)12-10-19/h5-8,13,15,19H,9-12,16H2,1-4H3,(H,28,29). The minimum atomic E-state index is 0.486. The van der Waals surface area contributed by atoms with Crippen LogP contribution in [0.1, 0.15) is 29.5 Å². The Balaban J connectivity index is 1.68. The van der Waals surface area contributed by atoms with Crippen molar-refractivity contribution in [2.45, 2.75) is 26.7 Å². The van der Waals surface area contributed by atoms with Gasteiger partial charge in [-0.3, -0.25) is 4.98 Å². The van der Waals surface area contributed by atoms with E-state index in [0.717, 1.165) is 48.3 Å². The monoisotopic (exact) mass is 430 g/mol. The second-order valence-electron chi connectivity index (χ2n) is 8.65. The topological polar surface area (TPSA) is 70.4 Å². The number of nitrogens with one attached hydrogen (secondary N) is 1. The van der Waals surface area contributed by atoms with Gasteiger partial charge in [-0.15, -0.1) is 0 Å². The third kappa shape index (κ3) is 4.49. The van der Waals surface area contributed by atoms with Gasteiger partial charge in [0.15, 0.2) is 11.5 Å². The molecule has 1 fully saturated rings. The molecule has 1 N–H and O–H groups in total. The van der Waals surface area contributed by atoms with Gasteiger partial charge in [0.25, 0.3) is 0 Å². The van der Waals surface area contributed by atoms with Gasteiger partial charge in [-0.1, -0.05) is 17.7 Å². The number of nitriles is 1. The molecule has 0 amide bonds. The molecule has 6 heteroatoms. The van der Waals surface area contributed by atoms with Crippen LogP contribution in [0.3, 0.4) is 0 Å². The van der Waals surface area contributed by atoms with E-state index < -0.39 is 0 Å². The van der Waals surface area contributed by atoms with Crippen LogP contribution in [-0.2, 0) is 0 Å². The largest absolute Gasteiger partial charge is 0.491 e. The van der Waals surface area contributed by atoms with Crippen molar-refractivity contribution in [3.8, 4) is 17.6 Å². The number of methoxy groups -OCH3 is 1. The fraction of sp³-hybridized carbons (Fsp3) is 0.385. The molecule has 2 heterocycles. The highest BCUT2D eigenvalue weighted by molar-refractivity contribution is 6.00. The number of anilines is 2. The lowest BCUT2D eigenvalue weighted by Gasteiger charge is -2.29. The van der Waals surface area contributed by atoms with Gasteiger partial charge in [-0.2, -0.15) is 5.26 Å². The molecule has 4 rings (SSSR count). The van der Waals surface area contributed by atoms with Crippen LogP contribution in [0.25, 0.3) is 10.9 Å². The molecule has 0 atom stereocenters. The van der Waals surface area contributed by atoms with Gasteiger partial charge in [0, 0.05) is 17.3 Å². The number of hydrogen-bond donors (Lipinski definition) is 1. The summed E-state index contributed by atoms with van der Waals surface area (Å²) in [6.07, 6.45) is 3.87. The molecule has 0 bridgehead atoms. The molecule has 0 aliphatic carbocycles. The number of nitrogens with zero attached hydrogens (tertiary/aromatic N) is 3. The van der Waals surface area contributed by atoms with Crippen LogP contribution in [0.5, 0.6) is 11.5 Å². The molecule has 2 aromatic carbocycles. The first-order valence-electron chi connectivity index (χ1n) is 11.1. The second kappa shape index (κ2) is 9.46. The number of rotatable bonds is 6. The highest BCUT2D eigenvalue weighted by Gasteiger charge is 2.20. The third-order valence-electron chi connectivity index (χ3n) is 6.24. The molecular weight excluding hydrogens is 400 g/mol. The van der Waals surface area contributed by atoms with Gasteiger partial charge in [-0.25, -0.2) is 0 Å². The summed E-state index contributed by atoms with van der Waals surface area (Å²) in [7, 11) is 3.79. The van der Waals surface area contributed by atoms with Crippen molar-refractivity contribution in [1.82, 2.24) is 9.88 Å². The minimum absolute atomic E-state index is 0.486. The maximum atomic E-state index is 9.71. The normalized spacial score (nSPS) is 14.8. The first-order valence-corrected chi connectivity index (χ1v) is 11.1. The molecule has 3 aromatic rings. The van der Waals surface area contributed by atoms with Gasteiger partial charge in [0.1, 0.15) is 11.6 Å². The summed E-state index contributed by atoms with van der Waals surface area (Å²) in [5.74, 6) is 1.83. The number of likely N-dealkylation sites (tertiary alicyclic amines) is 1. The average Bonchev–Trinajstić information content (AvgIpc) is 2.80. The zero-order valence-corrected chi connectivity index (χ0v) is 19.2. The lowest BCUT2D eigenvalue weighted by Crippen LogP contribution is -2.32. The third-order valence-corrected chi connectivity index (χ3v) is 6.24. The Hall–Kier alpha value is -3.30. The first kappa shape index (κ1) is 21.9. The van der Waals surface area contributed by atoms with Crippen LogP contribution >= 0.6 is 0 Å². The van der Waals surface area contributed by atoms with E-state index in [9.17, 15) is 5.26 Å². The number of pyridine rings is 1. The lowest BCUT2D eigenvalue weighted by molar-refractivity contribution is 0.157. The molecule has 166 valence electrons. The van der Waals surface area contributed by atoms with Crippen molar-refractivity contribution in [2.75, 3.05) is 39.2 Å². The summed E-state index contributed by atoms with van der Waals surface area (Å²) in [5, 5.41) is 14.0. The molecule has 0 unspecified atom stereocenters. The van der Waals surface area contributed by atoms with Crippen molar-refractivity contribution in [3.05, 3.63) is 53.2 Å². The Morgan fingerprint density at radius 1 is 1.19 bits per heavy atom. The van der Waals surface area contributed by atoms with Crippen molar-refractivity contribution in [1.29, 1.82) is 5.26 Å². The molecule has 1 aliphatic heterocycles. The van der Waals surface area contributed by atoms with E-state index in [4.69, 9.17) is 9.47 Å². The van der Waals surface area contributed by atoms with Crippen molar-refractivity contribution < 1.29 is 9.47 Å². The summed E-state index contributed by atoms with van der Waals surface area (Å²) in [6, 6.07) is 12.4. The summed E-state index contributed by atoms with van der Waals surface area (Å²) in [6.45, 7) is 7.00. The molecule has 0 radical (unpaired) electrons. The Kier molecular flexibility index (Phi) is 6.48. The summed E-state index contributed by atoms with van der Waals surface area (Å²) >= 11 is 0. The number of piperidine rings is 1. The number of hydrogen-bond acceptors (Lipinski definition) is 6. The predicted molar refractivity (Wildman–Crippen MR) is 128 cm³/mol. The zero-order valence-electron chi connectivity index (χ0n) is 19.2. The fourth-order valence-electron chi connectivity index (χ4n) is 4.28.